The number of allylic oxidation sites excluding steroid dienone is 2. The summed E-state index contributed by atoms with van der Waals surface area (Å²) in [6.07, 6.45) is 5.27. The predicted molar refractivity (Wildman–Crippen MR) is 118 cm³/mol. The van der Waals surface area contributed by atoms with Crippen molar-refractivity contribution in [2.45, 2.75) is 13.3 Å². The number of rotatable bonds is 5. The summed E-state index contributed by atoms with van der Waals surface area (Å²) in [5.41, 5.74) is 0.310. The Morgan fingerprint density at radius 1 is 1.03 bits per heavy atom. The van der Waals surface area contributed by atoms with Gasteiger partial charge in [-0.25, -0.2) is 9.36 Å². The number of aromatic nitrogens is 2. The van der Waals surface area contributed by atoms with Crippen LogP contribution in [0.15, 0.2) is 64.2 Å². The lowest BCUT2D eigenvalue weighted by atomic mass is 9.90. The smallest absolute Gasteiger partial charge is 0.335 e. The maximum atomic E-state index is 12.5. The van der Waals surface area contributed by atoms with Crippen LogP contribution in [-0.4, -0.2) is 27.0 Å². The molecule has 0 aliphatic heterocycles. The number of H-pyrrole nitrogens is 1. The number of aromatic amines is 1. The molecule has 1 heterocycles. The van der Waals surface area contributed by atoms with Gasteiger partial charge in [0, 0.05) is 5.57 Å². The maximum Gasteiger partial charge on any atom is 0.335 e. The number of carbonyl (C=O) groups excluding carboxylic acids is 1. The third-order valence-corrected chi connectivity index (χ3v) is 4.91. The van der Waals surface area contributed by atoms with E-state index in [1.807, 2.05) is 19.1 Å². The van der Waals surface area contributed by atoms with Crippen molar-refractivity contribution in [2.75, 3.05) is 6.61 Å². The first kappa shape index (κ1) is 20.2. The van der Waals surface area contributed by atoms with Gasteiger partial charge in [-0.2, -0.15) is 0 Å². The molecule has 0 amide bonds. The van der Waals surface area contributed by atoms with Crippen LogP contribution >= 0.6 is 0 Å². The summed E-state index contributed by atoms with van der Waals surface area (Å²) in [7, 11) is 0. The number of benzene rings is 2. The average molecular weight is 416 g/mol. The highest BCUT2D eigenvalue weighted by Gasteiger charge is 2.20. The molecule has 0 saturated heterocycles. The molecule has 0 radical (unpaired) electrons. The third-order valence-electron chi connectivity index (χ3n) is 4.91. The fourth-order valence-electron chi connectivity index (χ4n) is 3.39. The van der Waals surface area contributed by atoms with E-state index in [0.717, 1.165) is 16.6 Å². The van der Waals surface area contributed by atoms with Gasteiger partial charge in [0.1, 0.15) is 11.3 Å². The number of carbonyl (C=O) groups is 1. The Balaban J connectivity index is 1.83. The Kier molecular flexibility index (Phi) is 5.41. The Morgan fingerprint density at radius 3 is 2.52 bits per heavy atom. The van der Waals surface area contributed by atoms with Crippen molar-refractivity contribution in [3.63, 3.8) is 0 Å². The largest absolute Gasteiger partial charge is 0.494 e. The number of hydrogen-bond donors (Lipinski definition) is 2. The van der Waals surface area contributed by atoms with Crippen molar-refractivity contribution in [1.29, 1.82) is 0 Å². The van der Waals surface area contributed by atoms with Gasteiger partial charge >= 0.3 is 5.69 Å². The quantitative estimate of drug-likeness (QED) is 0.622. The van der Waals surface area contributed by atoms with E-state index in [2.05, 4.69) is 4.98 Å². The molecule has 31 heavy (non-hydrogen) atoms. The zero-order valence-corrected chi connectivity index (χ0v) is 16.8. The Labute approximate surface area is 177 Å². The SMILES string of the molecule is CCCOc1ccc(-n2c(O)c(C=C3C(=O)C=Cc4ccccc43)c(=O)[nH]c2=O)cc1. The molecular weight excluding hydrogens is 396 g/mol. The van der Waals surface area contributed by atoms with E-state index in [9.17, 15) is 19.5 Å². The average Bonchev–Trinajstić information content (AvgIpc) is 2.77. The van der Waals surface area contributed by atoms with E-state index in [0.29, 0.717) is 23.6 Å². The summed E-state index contributed by atoms with van der Waals surface area (Å²) in [4.78, 5) is 39.6. The number of hydrogen-bond acceptors (Lipinski definition) is 5. The molecule has 0 unspecified atom stereocenters. The van der Waals surface area contributed by atoms with Crippen molar-refractivity contribution in [3.05, 3.63) is 92.1 Å². The predicted octanol–water partition coefficient (Wildman–Crippen LogP) is 3.16. The second-order valence-corrected chi connectivity index (χ2v) is 7.02. The van der Waals surface area contributed by atoms with Crippen LogP contribution in [0.4, 0.5) is 0 Å². The van der Waals surface area contributed by atoms with Crippen LogP contribution in [0.2, 0.25) is 0 Å². The number of fused-ring (bicyclic) bond motifs is 1. The van der Waals surface area contributed by atoms with Crippen LogP contribution in [0.25, 0.3) is 23.4 Å². The molecule has 4 rings (SSSR count). The van der Waals surface area contributed by atoms with Crippen LogP contribution in [0.1, 0.15) is 30.0 Å². The summed E-state index contributed by atoms with van der Waals surface area (Å²) < 4.78 is 6.51. The Morgan fingerprint density at radius 2 is 1.77 bits per heavy atom. The van der Waals surface area contributed by atoms with Gasteiger partial charge in [0.2, 0.25) is 5.88 Å². The molecule has 2 N–H and O–H groups in total. The van der Waals surface area contributed by atoms with Crippen LogP contribution < -0.4 is 16.0 Å². The normalized spacial score (nSPS) is 14.0. The first-order valence-corrected chi connectivity index (χ1v) is 9.84. The second kappa shape index (κ2) is 8.31. The molecule has 1 aromatic heterocycles. The van der Waals surface area contributed by atoms with E-state index in [4.69, 9.17) is 4.74 Å². The highest BCUT2D eigenvalue weighted by Crippen LogP contribution is 2.29. The van der Waals surface area contributed by atoms with Crippen molar-refractivity contribution < 1.29 is 14.6 Å². The van der Waals surface area contributed by atoms with Gasteiger partial charge in [-0.3, -0.25) is 14.6 Å². The van der Waals surface area contributed by atoms with Gasteiger partial charge in [-0.1, -0.05) is 37.3 Å². The van der Waals surface area contributed by atoms with Crippen molar-refractivity contribution in [3.8, 4) is 17.3 Å². The molecule has 1 aliphatic rings. The summed E-state index contributed by atoms with van der Waals surface area (Å²) in [6, 6.07) is 13.8. The highest BCUT2D eigenvalue weighted by atomic mass is 16.5. The number of nitrogens with one attached hydrogen (secondary N) is 1. The zero-order chi connectivity index (χ0) is 22.0. The first-order chi connectivity index (χ1) is 15.0. The van der Waals surface area contributed by atoms with Crippen LogP contribution in [0.5, 0.6) is 11.6 Å². The lowest BCUT2D eigenvalue weighted by Gasteiger charge is -2.14. The van der Waals surface area contributed by atoms with Gasteiger partial charge in [-0.05, 0) is 54.0 Å². The molecular formula is C24H20N2O5. The molecule has 3 aromatic rings. The van der Waals surface area contributed by atoms with Crippen molar-refractivity contribution >= 4 is 23.5 Å². The summed E-state index contributed by atoms with van der Waals surface area (Å²) in [5, 5.41) is 10.8. The molecule has 1 aliphatic carbocycles. The second-order valence-electron chi connectivity index (χ2n) is 7.02. The fourth-order valence-corrected chi connectivity index (χ4v) is 3.39. The topological polar surface area (TPSA) is 101 Å². The molecule has 0 atom stereocenters. The van der Waals surface area contributed by atoms with Crippen LogP contribution in [-0.2, 0) is 4.79 Å². The third kappa shape index (κ3) is 3.85. The summed E-state index contributed by atoms with van der Waals surface area (Å²) in [5.74, 6) is -0.225. The van der Waals surface area contributed by atoms with Crippen molar-refractivity contribution in [2.24, 2.45) is 0 Å². The Hall–Kier alpha value is -4.13. The van der Waals surface area contributed by atoms with Crippen LogP contribution in [0.3, 0.4) is 0 Å². The van der Waals surface area contributed by atoms with E-state index in [1.165, 1.54) is 12.2 Å². The van der Waals surface area contributed by atoms with Gasteiger partial charge < -0.3 is 9.84 Å². The molecule has 0 fully saturated rings. The number of nitrogens with zero attached hydrogens (tertiary/aromatic N) is 1. The molecule has 7 heteroatoms. The molecule has 0 bridgehead atoms. The minimum atomic E-state index is -0.790. The zero-order valence-electron chi connectivity index (χ0n) is 16.8. The van der Waals surface area contributed by atoms with E-state index in [1.54, 1.807) is 42.5 Å². The molecule has 0 spiro atoms. The molecule has 2 aromatic carbocycles. The number of aromatic hydroxyl groups is 1. The molecule has 0 saturated carbocycles. The van der Waals surface area contributed by atoms with Crippen molar-refractivity contribution in [1.82, 2.24) is 9.55 Å². The highest BCUT2D eigenvalue weighted by molar-refractivity contribution is 6.33. The number of ketones is 1. The summed E-state index contributed by atoms with van der Waals surface area (Å²) in [6.45, 7) is 2.55. The molecule has 7 nitrogen and oxygen atoms in total. The maximum absolute atomic E-state index is 12.5. The summed E-state index contributed by atoms with van der Waals surface area (Å²) >= 11 is 0. The lowest BCUT2D eigenvalue weighted by molar-refractivity contribution is -0.109. The van der Waals surface area contributed by atoms with Crippen LogP contribution in [0, 0.1) is 0 Å². The monoisotopic (exact) mass is 416 g/mol. The minimum absolute atomic E-state index is 0.181. The minimum Gasteiger partial charge on any atom is -0.494 e. The fraction of sp³-hybridized carbons (Fsp3) is 0.125. The Bertz CT molecular complexity index is 1330. The van der Waals surface area contributed by atoms with Gasteiger partial charge in [0.15, 0.2) is 5.78 Å². The number of ether oxygens (including phenoxy) is 1. The van der Waals surface area contributed by atoms with Gasteiger partial charge in [0.25, 0.3) is 5.56 Å². The molecule has 156 valence electrons. The van der Waals surface area contributed by atoms with E-state index >= 15 is 0 Å². The lowest BCUT2D eigenvalue weighted by Crippen LogP contribution is -2.30. The van der Waals surface area contributed by atoms with Gasteiger partial charge in [-0.15, -0.1) is 0 Å². The van der Waals surface area contributed by atoms with E-state index < -0.39 is 17.1 Å². The standard InChI is InChI=1S/C24H20N2O5/c1-2-13-31-17-10-8-16(9-11-17)26-23(29)20(22(28)25-24(26)30)14-19-18-6-4-3-5-15(18)7-12-21(19)27/h3-12,14,29H,2,13H2,1H3,(H,25,28,30). The van der Waals surface area contributed by atoms with Gasteiger partial charge in [0.05, 0.1) is 12.3 Å². The van der Waals surface area contributed by atoms with E-state index in [-0.39, 0.29) is 16.9 Å². The first-order valence-electron chi connectivity index (χ1n) is 9.84.